The lowest BCUT2D eigenvalue weighted by Gasteiger charge is -2.09. The molecule has 0 aliphatic heterocycles. The highest BCUT2D eigenvalue weighted by Gasteiger charge is 2.25. The summed E-state index contributed by atoms with van der Waals surface area (Å²) in [6.07, 6.45) is -5.84. The van der Waals surface area contributed by atoms with Crippen molar-refractivity contribution in [2.75, 3.05) is 0 Å². The highest BCUT2D eigenvalue weighted by atomic mass is 35.5. The number of benzene rings is 1. The second-order valence-corrected chi connectivity index (χ2v) is 4.94. The van der Waals surface area contributed by atoms with Crippen molar-refractivity contribution in [1.82, 2.24) is 15.0 Å². The number of hydrogen-bond acceptors (Lipinski definition) is 4. The van der Waals surface area contributed by atoms with Crippen LogP contribution in [0.2, 0.25) is 5.02 Å². The fourth-order valence-electron chi connectivity index (χ4n) is 2.11. The van der Waals surface area contributed by atoms with Crippen LogP contribution >= 0.6 is 11.6 Å². The number of hydrogen-bond donors (Lipinski definition) is 1. The third-order valence-corrected chi connectivity index (χ3v) is 3.48. The van der Waals surface area contributed by atoms with Crippen LogP contribution in [0.15, 0.2) is 21.5 Å². The highest BCUT2D eigenvalue weighted by Crippen LogP contribution is 2.35. The van der Waals surface area contributed by atoms with Gasteiger partial charge in [0.15, 0.2) is 5.58 Å². The molecule has 5 nitrogen and oxygen atoms in total. The molecule has 3 rings (SSSR count). The van der Waals surface area contributed by atoms with Crippen molar-refractivity contribution in [3.8, 4) is 11.3 Å². The molecule has 0 saturated heterocycles. The predicted molar refractivity (Wildman–Crippen MR) is 72.7 cm³/mol. The van der Waals surface area contributed by atoms with Gasteiger partial charge >= 0.3 is 5.76 Å². The number of rotatable bonds is 3. The number of aromatic nitrogens is 3. The van der Waals surface area contributed by atoms with Gasteiger partial charge in [-0.1, -0.05) is 11.6 Å². The zero-order valence-corrected chi connectivity index (χ0v) is 12.0. The molecule has 0 spiro atoms. The number of nitrogens with zero attached hydrogens (tertiary/aromatic N) is 2. The maximum absolute atomic E-state index is 13.9. The van der Waals surface area contributed by atoms with Crippen molar-refractivity contribution >= 4 is 22.7 Å². The Hall–Kier alpha value is -2.49. The van der Waals surface area contributed by atoms with Crippen molar-refractivity contribution < 1.29 is 26.4 Å². The van der Waals surface area contributed by atoms with Gasteiger partial charge < -0.3 is 4.42 Å². The van der Waals surface area contributed by atoms with Crippen LogP contribution in [0.4, 0.5) is 22.0 Å². The fourth-order valence-corrected chi connectivity index (χ4v) is 2.30. The smallest absolute Gasteiger partial charge is 0.407 e. The van der Waals surface area contributed by atoms with Crippen LogP contribution in [0.5, 0.6) is 0 Å². The average molecular weight is 366 g/mol. The Bertz CT molecular complexity index is 986. The van der Waals surface area contributed by atoms with E-state index in [4.69, 9.17) is 16.0 Å². The van der Waals surface area contributed by atoms with E-state index in [1.807, 2.05) is 0 Å². The van der Waals surface area contributed by atoms with Crippen LogP contribution < -0.4 is 5.76 Å². The summed E-state index contributed by atoms with van der Waals surface area (Å²) >= 11 is 5.69. The van der Waals surface area contributed by atoms with Crippen molar-refractivity contribution in [2.24, 2.45) is 0 Å². The maximum Gasteiger partial charge on any atom is 0.417 e. The SMILES string of the molecule is O=c1[nH]c2c(Cl)c(F)cc(-c3cnc(C(F)F)c(C(F)F)n3)c2o1. The summed E-state index contributed by atoms with van der Waals surface area (Å²) in [5.74, 6) is -1.96. The van der Waals surface area contributed by atoms with Gasteiger partial charge in [-0.15, -0.1) is 0 Å². The second kappa shape index (κ2) is 5.86. The average Bonchev–Trinajstić information content (AvgIpc) is 2.92. The van der Waals surface area contributed by atoms with Crippen LogP contribution in [0.1, 0.15) is 24.2 Å². The molecular weight excluding hydrogens is 361 g/mol. The lowest BCUT2D eigenvalue weighted by Crippen LogP contribution is -2.04. The van der Waals surface area contributed by atoms with E-state index in [9.17, 15) is 26.7 Å². The molecule has 11 heteroatoms. The van der Waals surface area contributed by atoms with E-state index in [2.05, 4.69) is 15.0 Å². The quantitative estimate of drug-likeness (QED) is 0.704. The monoisotopic (exact) mass is 365 g/mol. The van der Waals surface area contributed by atoms with Gasteiger partial charge in [-0.3, -0.25) is 9.97 Å². The van der Waals surface area contributed by atoms with Crippen molar-refractivity contribution in [3.63, 3.8) is 0 Å². The van der Waals surface area contributed by atoms with E-state index in [1.165, 1.54) is 0 Å². The maximum atomic E-state index is 13.9. The topological polar surface area (TPSA) is 71.8 Å². The Morgan fingerprint density at radius 1 is 1.17 bits per heavy atom. The number of H-pyrrole nitrogens is 1. The van der Waals surface area contributed by atoms with E-state index in [0.717, 1.165) is 12.3 Å². The molecule has 24 heavy (non-hydrogen) atoms. The number of halogens is 6. The molecule has 0 radical (unpaired) electrons. The molecule has 0 fully saturated rings. The minimum absolute atomic E-state index is 0.213. The molecule has 0 unspecified atom stereocenters. The van der Waals surface area contributed by atoms with Gasteiger partial charge in [-0.25, -0.2) is 31.7 Å². The standard InChI is InChI=1S/C13H5ClF5N3O2/c14-6-4(15)1-3(10-7(6)22-13(23)24-10)5-2-20-8(11(16)17)9(21-5)12(18)19/h1-2,11-12H,(H,22,23). The predicted octanol–water partition coefficient (Wildman–Crippen LogP) is 4.25. The first kappa shape index (κ1) is 16.4. The highest BCUT2D eigenvalue weighted by molar-refractivity contribution is 6.35. The molecule has 0 atom stereocenters. The van der Waals surface area contributed by atoms with E-state index >= 15 is 0 Å². The van der Waals surface area contributed by atoms with Gasteiger partial charge in [0.25, 0.3) is 12.9 Å². The fraction of sp³-hybridized carbons (Fsp3) is 0.154. The molecule has 0 aliphatic carbocycles. The van der Waals surface area contributed by atoms with E-state index in [0.29, 0.717) is 0 Å². The first-order valence-corrected chi connectivity index (χ1v) is 6.61. The summed E-state index contributed by atoms with van der Waals surface area (Å²) in [6.45, 7) is 0. The Labute approximate surface area is 134 Å². The third kappa shape index (κ3) is 2.62. The first-order chi connectivity index (χ1) is 11.3. The van der Waals surface area contributed by atoms with E-state index in [-0.39, 0.29) is 22.4 Å². The van der Waals surface area contributed by atoms with Gasteiger partial charge in [-0.05, 0) is 6.07 Å². The molecule has 2 aromatic heterocycles. The second-order valence-electron chi connectivity index (χ2n) is 4.57. The largest absolute Gasteiger partial charge is 0.417 e. The summed E-state index contributed by atoms with van der Waals surface area (Å²) in [4.78, 5) is 20.1. The molecule has 1 N–H and O–H groups in total. The van der Waals surface area contributed by atoms with Crippen LogP contribution in [0, 0.1) is 5.82 Å². The summed E-state index contributed by atoms with van der Waals surface area (Å²) in [5, 5.41) is -0.453. The van der Waals surface area contributed by atoms with Gasteiger partial charge in [0.1, 0.15) is 27.7 Å². The van der Waals surface area contributed by atoms with Gasteiger partial charge in [0, 0.05) is 5.56 Å². The zero-order chi connectivity index (χ0) is 17.6. The summed E-state index contributed by atoms with van der Waals surface area (Å²) < 4.78 is 70.0. The lowest BCUT2D eigenvalue weighted by atomic mass is 10.1. The van der Waals surface area contributed by atoms with E-state index < -0.39 is 40.8 Å². The molecule has 3 aromatic rings. The molecular formula is C13H5ClF5N3O2. The minimum Gasteiger partial charge on any atom is -0.407 e. The minimum atomic E-state index is -3.33. The van der Waals surface area contributed by atoms with Crippen LogP contribution in [0.25, 0.3) is 22.4 Å². The van der Waals surface area contributed by atoms with Crippen molar-refractivity contribution in [3.05, 3.63) is 45.0 Å². The Morgan fingerprint density at radius 3 is 2.46 bits per heavy atom. The normalized spacial score (nSPS) is 11.8. The number of aromatic amines is 1. The number of fused-ring (bicyclic) bond motifs is 1. The summed E-state index contributed by atoms with van der Waals surface area (Å²) in [5.41, 5.74) is -3.52. The van der Waals surface area contributed by atoms with Gasteiger partial charge in [0.05, 0.1) is 11.9 Å². The Kier molecular flexibility index (Phi) is 3.99. The van der Waals surface area contributed by atoms with Gasteiger partial charge in [0.2, 0.25) is 0 Å². The molecule has 2 heterocycles. The molecule has 0 aliphatic rings. The number of alkyl halides is 4. The molecule has 0 amide bonds. The lowest BCUT2D eigenvalue weighted by molar-refractivity contribution is 0.116. The van der Waals surface area contributed by atoms with Crippen LogP contribution in [-0.2, 0) is 0 Å². The number of nitrogens with one attached hydrogen (secondary N) is 1. The molecule has 1 aromatic carbocycles. The van der Waals surface area contributed by atoms with Crippen LogP contribution in [0.3, 0.4) is 0 Å². The molecule has 126 valence electrons. The van der Waals surface area contributed by atoms with E-state index in [1.54, 1.807) is 0 Å². The Morgan fingerprint density at radius 2 is 1.83 bits per heavy atom. The van der Waals surface area contributed by atoms with Gasteiger partial charge in [-0.2, -0.15) is 0 Å². The Balaban J connectivity index is 2.30. The summed E-state index contributed by atoms with van der Waals surface area (Å²) in [6, 6.07) is 0.781. The molecule has 0 bridgehead atoms. The van der Waals surface area contributed by atoms with Crippen molar-refractivity contribution in [2.45, 2.75) is 12.9 Å². The van der Waals surface area contributed by atoms with Crippen LogP contribution in [-0.4, -0.2) is 15.0 Å². The third-order valence-electron chi connectivity index (χ3n) is 3.11. The van der Waals surface area contributed by atoms with Crippen molar-refractivity contribution in [1.29, 1.82) is 0 Å². The molecule has 0 saturated carbocycles. The first-order valence-electron chi connectivity index (χ1n) is 6.24. The summed E-state index contributed by atoms with van der Waals surface area (Å²) in [7, 11) is 0. The number of oxazole rings is 1. The zero-order valence-electron chi connectivity index (χ0n) is 11.3.